The number of nitrogens with two attached hydrogens (primary N) is 1. The molecule has 0 aliphatic rings. The highest BCUT2D eigenvalue weighted by Gasteiger charge is 2.14. The lowest BCUT2D eigenvalue weighted by Gasteiger charge is -1.92. The summed E-state index contributed by atoms with van der Waals surface area (Å²) in [5.41, 5.74) is 6.08. The molecule has 1 aromatic carbocycles. The van der Waals surface area contributed by atoms with Crippen LogP contribution in [-0.4, -0.2) is 10.9 Å². The normalized spacial score (nSPS) is 10.2. The molecule has 0 aliphatic carbocycles. The summed E-state index contributed by atoms with van der Waals surface area (Å²) in [6.45, 7) is 0. The molecule has 15 heavy (non-hydrogen) atoms. The molecule has 2 N–H and O–H groups in total. The van der Waals surface area contributed by atoms with Crippen molar-refractivity contribution in [2.24, 2.45) is 5.73 Å². The van der Waals surface area contributed by atoms with Gasteiger partial charge in [-0.25, -0.2) is 4.98 Å². The maximum absolute atomic E-state index is 11.0. The van der Waals surface area contributed by atoms with Crippen LogP contribution in [0.5, 0.6) is 0 Å². The zero-order valence-corrected chi connectivity index (χ0v) is 9.18. The van der Waals surface area contributed by atoms with Gasteiger partial charge in [0, 0.05) is 5.56 Å². The van der Waals surface area contributed by atoms with E-state index >= 15 is 0 Å². The molecule has 1 amide bonds. The van der Waals surface area contributed by atoms with Crippen molar-refractivity contribution >= 4 is 28.8 Å². The first-order valence-electron chi connectivity index (χ1n) is 4.20. The van der Waals surface area contributed by atoms with Crippen molar-refractivity contribution in [3.8, 4) is 10.6 Å². The molecule has 3 nitrogen and oxygen atoms in total. The zero-order valence-electron chi connectivity index (χ0n) is 7.61. The number of primary amides is 1. The summed E-state index contributed by atoms with van der Waals surface area (Å²) in [5.74, 6) is -0.542. The first-order chi connectivity index (χ1) is 7.18. The third-order valence-corrected chi connectivity index (χ3v) is 3.33. The smallest absolute Gasteiger partial charge is 0.262 e. The number of halogens is 1. The second-order valence-electron chi connectivity index (χ2n) is 2.87. The first-order valence-corrected chi connectivity index (χ1v) is 5.39. The molecular weight excluding hydrogens is 232 g/mol. The molecule has 0 radical (unpaired) electrons. The van der Waals surface area contributed by atoms with Gasteiger partial charge in [-0.1, -0.05) is 41.9 Å². The molecule has 0 saturated carbocycles. The summed E-state index contributed by atoms with van der Waals surface area (Å²) in [7, 11) is 0. The number of rotatable bonds is 2. The molecule has 1 heterocycles. The van der Waals surface area contributed by atoms with Gasteiger partial charge in [-0.3, -0.25) is 4.79 Å². The largest absolute Gasteiger partial charge is 0.365 e. The average Bonchev–Trinajstić information content (AvgIpc) is 2.62. The molecule has 0 atom stereocenters. The van der Waals surface area contributed by atoms with Gasteiger partial charge in [0.05, 0.1) is 0 Å². The highest BCUT2D eigenvalue weighted by Crippen LogP contribution is 2.30. The van der Waals surface area contributed by atoms with Crippen LogP contribution in [-0.2, 0) is 0 Å². The molecular formula is C10H7ClN2OS. The van der Waals surface area contributed by atoms with Crippen LogP contribution in [0.15, 0.2) is 30.3 Å². The second kappa shape index (κ2) is 4.00. The van der Waals surface area contributed by atoms with Gasteiger partial charge in [-0.15, -0.1) is 11.3 Å². The van der Waals surface area contributed by atoms with Crippen LogP contribution < -0.4 is 5.73 Å². The summed E-state index contributed by atoms with van der Waals surface area (Å²) in [6, 6.07) is 9.51. The molecule has 0 fully saturated rings. The Morgan fingerprint density at radius 1 is 1.33 bits per heavy atom. The molecule has 0 spiro atoms. The standard InChI is InChI=1S/C10H7ClN2OS/c11-8-7(9(12)14)15-10(13-8)6-4-2-1-3-5-6/h1-5H,(H2,12,14). The third-order valence-electron chi connectivity index (χ3n) is 1.83. The summed E-state index contributed by atoms with van der Waals surface area (Å²) in [5, 5.41) is 0.876. The van der Waals surface area contributed by atoms with E-state index in [0.29, 0.717) is 9.88 Å². The minimum absolute atomic E-state index is 0.173. The average molecular weight is 239 g/mol. The van der Waals surface area contributed by atoms with E-state index in [1.807, 2.05) is 30.3 Å². The molecule has 0 saturated heterocycles. The molecule has 0 bridgehead atoms. The number of hydrogen-bond acceptors (Lipinski definition) is 3. The van der Waals surface area contributed by atoms with Crippen LogP contribution in [0, 0.1) is 0 Å². The number of hydrogen-bond donors (Lipinski definition) is 1. The predicted octanol–water partition coefficient (Wildman–Crippen LogP) is 2.56. The number of nitrogens with zero attached hydrogens (tertiary/aromatic N) is 1. The molecule has 76 valence electrons. The van der Waals surface area contributed by atoms with Crippen LogP contribution in [0.4, 0.5) is 0 Å². The van der Waals surface area contributed by atoms with E-state index < -0.39 is 5.91 Å². The summed E-state index contributed by atoms with van der Waals surface area (Å²) >= 11 is 6.99. The van der Waals surface area contributed by atoms with Gasteiger partial charge in [0.1, 0.15) is 9.88 Å². The predicted molar refractivity (Wildman–Crippen MR) is 61.1 cm³/mol. The molecule has 5 heteroatoms. The van der Waals surface area contributed by atoms with E-state index in [4.69, 9.17) is 17.3 Å². The molecule has 2 rings (SSSR count). The van der Waals surface area contributed by atoms with Crippen molar-refractivity contribution in [2.75, 3.05) is 0 Å². The summed E-state index contributed by atoms with van der Waals surface area (Å²) < 4.78 is 0. The van der Waals surface area contributed by atoms with Gasteiger partial charge in [0.2, 0.25) is 0 Å². The Labute approximate surface area is 95.5 Å². The minimum Gasteiger partial charge on any atom is -0.365 e. The number of carbonyl (C=O) groups excluding carboxylic acids is 1. The van der Waals surface area contributed by atoms with Crippen molar-refractivity contribution in [2.45, 2.75) is 0 Å². The van der Waals surface area contributed by atoms with Gasteiger partial charge < -0.3 is 5.73 Å². The number of amides is 1. The van der Waals surface area contributed by atoms with Gasteiger partial charge in [-0.05, 0) is 0 Å². The fourth-order valence-electron chi connectivity index (χ4n) is 1.16. The lowest BCUT2D eigenvalue weighted by molar-refractivity contribution is 0.100. The maximum Gasteiger partial charge on any atom is 0.262 e. The van der Waals surface area contributed by atoms with Crippen molar-refractivity contribution in [3.63, 3.8) is 0 Å². The number of carbonyl (C=O) groups is 1. The van der Waals surface area contributed by atoms with Crippen molar-refractivity contribution in [3.05, 3.63) is 40.4 Å². The van der Waals surface area contributed by atoms with Crippen molar-refractivity contribution in [1.29, 1.82) is 0 Å². The Bertz CT molecular complexity index is 495. The van der Waals surface area contributed by atoms with Crippen LogP contribution in [0.1, 0.15) is 9.67 Å². The fourth-order valence-corrected chi connectivity index (χ4v) is 2.32. The molecule has 0 unspecified atom stereocenters. The monoisotopic (exact) mass is 238 g/mol. The SMILES string of the molecule is NC(=O)c1sc(-c2ccccc2)nc1Cl. The second-order valence-corrected chi connectivity index (χ2v) is 4.23. The number of benzene rings is 1. The van der Waals surface area contributed by atoms with Crippen molar-refractivity contribution in [1.82, 2.24) is 4.98 Å². The summed E-state index contributed by atoms with van der Waals surface area (Å²) in [4.78, 5) is 15.4. The summed E-state index contributed by atoms with van der Waals surface area (Å²) in [6.07, 6.45) is 0. The van der Waals surface area contributed by atoms with Crippen LogP contribution in [0.3, 0.4) is 0 Å². The lowest BCUT2D eigenvalue weighted by atomic mass is 10.2. The van der Waals surface area contributed by atoms with E-state index in [1.54, 1.807) is 0 Å². The van der Waals surface area contributed by atoms with Gasteiger partial charge in [0.25, 0.3) is 5.91 Å². The van der Waals surface area contributed by atoms with Crippen LogP contribution in [0.2, 0.25) is 5.15 Å². The first kappa shape index (κ1) is 10.1. The van der Waals surface area contributed by atoms with Crippen LogP contribution >= 0.6 is 22.9 Å². The number of aromatic nitrogens is 1. The lowest BCUT2D eigenvalue weighted by Crippen LogP contribution is -2.09. The fraction of sp³-hybridized carbons (Fsp3) is 0. The van der Waals surface area contributed by atoms with E-state index in [-0.39, 0.29) is 5.15 Å². The third kappa shape index (κ3) is 2.00. The zero-order chi connectivity index (χ0) is 10.8. The quantitative estimate of drug-likeness (QED) is 0.874. The number of thiazole rings is 1. The Morgan fingerprint density at radius 2 is 2.00 bits per heavy atom. The highest BCUT2D eigenvalue weighted by molar-refractivity contribution is 7.17. The highest BCUT2D eigenvalue weighted by atomic mass is 35.5. The molecule has 1 aromatic heterocycles. The van der Waals surface area contributed by atoms with E-state index in [0.717, 1.165) is 5.56 Å². The maximum atomic E-state index is 11.0. The van der Waals surface area contributed by atoms with E-state index in [9.17, 15) is 4.79 Å². The van der Waals surface area contributed by atoms with E-state index in [2.05, 4.69) is 4.98 Å². The molecule has 2 aromatic rings. The van der Waals surface area contributed by atoms with Gasteiger partial charge in [0.15, 0.2) is 5.15 Å². The van der Waals surface area contributed by atoms with E-state index in [1.165, 1.54) is 11.3 Å². The Balaban J connectivity index is 2.48. The van der Waals surface area contributed by atoms with Gasteiger partial charge >= 0.3 is 0 Å². The Morgan fingerprint density at radius 3 is 2.53 bits per heavy atom. The molecule has 0 aliphatic heterocycles. The Hall–Kier alpha value is -1.39. The van der Waals surface area contributed by atoms with Crippen LogP contribution in [0.25, 0.3) is 10.6 Å². The minimum atomic E-state index is -0.542. The van der Waals surface area contributed by atoms with Crippen molar-refractivity contribution < 1.29 is 4.79 Å². The van der Waals surface area contributed by atoms with Gasteiger partial charge in [-0.2, -0.15) is 0 Å². The topological polar surface area (TPSA) is 56.0 Å². The Kier molecular flexibility index (Phi) is 2.70.